The first-order valence-electron chi connectivity index (χ1n) is 5.24. The van der Waals surface area contributed by atoms with Crippen molar-refractivity contribution in [2.24, 2.45) is 0 Å². The van der Waals surface area contributed by atoms with Gasteiger partial charge in [0.05, 0.1) is 9.85 Å². The van der Waals surface area contributed by atoms with Crippen LogP contribution < -0.4 is 10.2 Å². The van der Waals surface area contributed by atoms with Crippen LogP contribution in [-0.4, -0.2) is 32.9 Å². The molecule has 0 aliphatic heterocycles. The molecule has 0 saturated carbocycles. The van der Waals surface area contributed by atoms with Crippen LogP contribution in [0.3, 0.4) is 0 Å². The third-order valence-corrected chi connectivity index (χ3v) is 2.12. The molecule has 0 aromatic heterocycles. The van der Waals surface area contributed by atoms with E-state index in [9.17, 15) is 30.4 Å². The largest absolute Gasteiger partial charge is 2.00 e. The zero-order valence-electron chi connectivity index (χ0n) is 10.7. The number of nitro benzene ring substituents is 2. The van der Waals surface area contributed by atoms with Crippen LogP contribution in [0, 0.1) is 20.2 Å². The van der Waals surface area contributed by atoms with Crippen LogP contribution >= 0.6 is 0 Å². The summed E-state index contributed by atoms with van der Waals surface area (Å²) in [4.78, 5) is 18.7. The second kappa shape index (κ2) is 8.71. The van der Waals surface area contributed by atoms with E-state index < -0.39 is 21.3 Å². The first-order valence-corrected chi connectivity index (χ1v) is 5.24. The predicted molar refractivity (Wildman–Crippen MR) is 70.8 cm³/mol. The van der Waals surface area contributed by atoms with Crippen LogP contribution in [0.2, 0.25) is 0 Å². The average molecular weight is 301 g/mol. The molecule has 0 aliphatic carbocycles. The van der Waals surface area contributed by atoms with Gasteiger partial charge in [-0.05, 0) is 11.5 Å². The predicted octanol–water partition coefficient (Wildman–Crippen LogP) is 0.956. The second-order valence-electron chi connectivity index (χ2n) is 3.45. The van der Waals surface area contributed by atoms with E-state index in [1.54, 1.807) is 0 Å². The molecular weight excluding hydrogens is 292 g/mol. The summed E-state index contributed by atoms with van der Waals surface area (Å²) >= 11 is 0. The van der Waals surface area contributed by atoms with Crippen LogP contribution in [0.15, 0.2) is 48.5 Å². The maximum Gasteiger partial charge on any atom is 2.00 e. The van der Waals surface area contributed by atoms with Crippen molar-refractivity contribution in [1.82, 2.24) is 0 Å². The van der Waals surface area contributed by atoms with Crippen molar-refractivity contribution in [3.63, 3.8) is 0 Å². The summed E-state index contributed by atoms with van der Waals surface area (Å²) in [6.07, 6.45) is 0. The van der Waals surface area contributed by atoms with Crippen molar-refractivity contribution in [3.8, 4) is 11.5 Å². The zero-order chi connectivity index (χ0) is 15.1. The molecule has 0 atom stereocenters. The number of rotatable bonds is 2. The smallest absolute Gasteiger partial charge is 0.868 e. The minimum Gasteiger partial charge on any atom is -0.868 e. The van der Waals surface area contributed by atoms with Gasteiger partial charge in [-0.3, -0.25) is 20.2 Å². The molecule has 0 N–H and O–H groups in total. The van der Waals surface area contributed by atoms with Crippen molar-refractivity contribution in [2.45, 2.75) is 0 Å². The first-order chi connectivity index (χ1) is 9.43. The molecule has 9 heteroatoms. The van der Waals surface area contributed by atoms with Crippen LogP contribution in [0.5, 0.6) is 11.5 Å². The number of hydrogen-bond donors (Lipinski definition) is 0. The topological polar surface area (TPSA) is 132 Å². The zero-order valence-corrected chi connectivity index (χ0v) is 12.1. The fourth-order valence-corrected chi connectivity index (χ4v) is 1.22. The molecule has 2 aromatic carbocycles. The van der Waals surface area contributed by atoms with Gasteiger partial charge < -0.3 is 10.2 Å². The fraction of sp³-hybridized carbons (Fsp3) is 0. The van der Waals surface area contributed by atoms with E-state index in [4.69, 9.17) is 0 Å². The van der Waals surface area contributed by atoms with Crippen LogP contribution in [-0.2, 0) is 0 Å². The Labute approximate surface area is 135 Å². The molecule has 0 radical (unpaired) electrons. The Bertz CT molecular complexity index is 579. The fourth-order valence-electron chi connectivity index (χ4n) is 1.22. The van der Waals surface area contributed by atoms with Gasteiger partial charge in [-0.2, -0.15) is 0 Å². The van der Waals surface area contributed by atoms with Crippen molar-refractivity contribution >= 4 is 34.4 Å². The van der Waals surface area contributed by atoms with Crippen molar-refractivity contribution < 1.29 is 20.1 Å². The Kier molecular flexibility index (Phi) is 7.72. The number of para-hydroxylation sites is 4. The van der Waals surface area contributed by atoms with Gasteiger partial charge in [0, 0.05) is 12.1 Å². The SMILES string of the molecule is O=[N+]([O-])c1ccccc1[O-].O=[N+]([O-])c1ccccc1[O-].[Mg+2]. The van der Waals surface area contributed by atoms with Gasteiger partial charge in [-0.1, -0.05) is 36.4 Å². The molecule has 21 heavy (non-hydrogen) atoms. The molecule has 0 amide bonds. The Morgan fingerprint density at radius 3 is 1.14 bits per heavy atom. The van der Waals surface area contributed by atoms with Gasteiger partial charge in [-0.15, -0.1) is 0 Å². The van der Waals surface area contributed by atoms with E-state index in [1.807, 2.05) is 0 Å². The summed E-state index contributed by atoms with van der Waals surface area (Å²) in [5.74, 6) is -1.10. The van der Waals surface area contributed by atoms with Gasteiger partial charge in [0.1, 0.15) is 0 Å². The summed E-state index contributed by atoms with van der Waals surface area (Å²) in [6.45, 7) is 0. The number of nitro groups is 2. The van der Waals surface area contributed by atoms with Gasteiger partial charge in [0.25, 0.3) is 11.4 Å². The molecule has 0 fully saturated rings. The average Bonchev–Trinajstić information content (AvgIpc) is 2.40. The van der Waals surface area contributed by atoms with E-state index in [1.165, 1.54) is 36.4 Å². The normalized spacial score (nSPS) is 8.76. The summed E-state index contributed by atoms with van der Waals surface area (Å²) < 4.78 is 0. The van der Waals surface area contributed by atoms with Crippen LogP contribution in [0.4, 0.5) is 11.4 Å². The summed E-state index contributed by atoms with van der Waals surface area (Å²) in [5, 5.41) is 41.3. The maximum atomic E-state index is 10.6. The minimum absolute atomic E-state index is 0. The van der Waals surface area contributed by atoms with Gasteiger partial charge in [0.2, 0.25) is 0 Å². The Balaban J connectivity index is 0.000000364. The van der Waals surface area contributed by atoms with Gasteiger partial charge in [-0.25, -0.2) is 0 Å². The summed E-state index contributed by atoms with van der Waals surface area (Å²) in [7, 11) is 0. The molecule has 0 bridgehead atoms. The van der Waals surface area contributed by atoms with E-state index >= 15 is 0 Å². The standard InChI is InChI=1S/2C6H5NO3.Mg/c2*8-6-4-2-1-3-5(6)7(9)10;/h2*1-4,8H;/q;;+2/p-2. The number of nitrogens with zero attached hydrogens (tertiary/aromatic N) is 2. The molecule has 0 aliphatic rings. The van der Waals surface area contributed by atoms with Crippen LogP contribution in [0.25, 0.3) is 0 Å². The third kappa shape index (κ3) is 5.63. The Morgan fingerprint density at radius 1 is 0.667 bits per heavy atom. The van der Waals surface area contributed by atoms with E-state index in [0.29, 0.717) is 0 Å². The third-order valence-electron chi connectivity index (χ3n) is 2.12. The number of hydrogen-bond acceptors (Lipinski definition) is 6. The van der Waals surface area contributed by atoms with E-state index in [-0.39, 0.29) is 34.4 Å². The Morgan fingerprint density at radius 2 is 0.952 bits per heavy atom. The molecule has 8 nitrogen and oxygen atoms in total. The van der Waals surface area contributed by atoms with Crippen molar-refractivity contribution in [3.05, 3.63) is 68.8 Å². The molecule has 0 saturated heterocycles. The molecule has 0 spiro atoms. The second-order valence-corrected chi connectivity index (χ2v) is 3.45. The molecule has 0 unspecified atom stereocenters. The summed E-state index contributed by atoms with van der Waals surface area (Å²) in [5.41, 5.74) is -0.745. The Hall–Kier alpha value is -2.39. The van der Waals surface area contributed by atoms with Crippen molar-refractivity contribution in [2.75, 3.05) is 0 Å². The molecule has 0 heterocycles. The molecule has 2 rings (SSSR count). The monoisotopic (exact) mass is 300 g/mol. The molecule has 2 aromatic rings. The van der Waals surface area contributed by atoms with E-state index in [0.717, 1.165) is 12.1 Å². The van der Waals surface area contributed by atoms with Gasteiger partial charge >= 0.3 is 23.1 Å². The molecular formula is C12H8MgN2O6. The molecule has 104 valence electrons. The van der Waals surface area contributed by atoms with Gasteiger partial charge in [0.15, 0.2) is 0 Å². The van der Waals surface area contributed by atoms with Crippen molar-refractivity contribution in [1.29, 1.82) is 0 Å². The summed E-state index contributed by atoms with van der Waals surface area (Å²) in [6, 6.07) is 10.5. The van der Waals surface area contributed by atoms with E-state index in [2.05, 4.69) is 0 Å². The maximum absolute atomic E-state index is 10.6. The first kappa shape index (κ1) is 18.6. The minimum atomic E-state index is -0.692. The number of benzene rings is 2. The quantitative estimate of drug-likeness (QED) is 0.460. The van der Waals surface area contributed by atoms with Crippen LogP contribution in [0.1, 0.15) is 0 Å².